The summed E-state index contributed by atoms with van der Waals surface area (Å²) in [5, 5.41) is 0.601. The van der Waals surface area contributed by atoms with Crippen molar-refractivity contribution in [3.05, 3.63) is 46.5 Å². The Morgan fingerprint density at radius 2 is 1.75 bits per heavy atom. The van der Waals surface area contributed by atoms with Crippen molar-refractivity contribution in [3.63, 3.8) is 0 Å². The molecule has 3 heteroatoms. The maximum atomic E-state index is 11.2. The minimum atomic E-state index is -0.270. The maximum absolute atomic E-state index is 11.2. The average Bonchev–Trinajstić information content (AvgIpc) is 2.04. The number of hydrogen-bond acceptors (Lipinski definition) is 1. The fourth-order valence-corrected chi connectivity index (χ4v) is 0.993. The van der Waals surface area contributed by atoms with Crippen LogP contribution in [0.5, 0.6) is 0 Å². The van der Waals surface area contributed by atoms with Gasteiger partial charge in [-0.3, -0.25) is 4.79 Å². The summed E-state index contributed by atoms with van der Waals surface area (Å²) >= 11 is 11.1. The lowest BCUT2D eigenvalue weighted by atomic mass is 10.1. The Kier molecular flexibility index (Phi) is 2.90. The topological polar surface area (TPSA) is 17.1 Å². The van der Waals surface area contributed by atoms with E-state index in [-0.39, 0.29) is 10.8 Å². The van der Waals surface area contributed by atoms with Crippen LogP contribution in [0.2, 0.25) is 5.02 Å². The highest BCUT2D eigenvalue weighted by Crippen LogP contribution is 2.13. The fourth-order valence-electron chi connectivity index (χ4n) is 0.758. The molecule has 0 aromatic heterocycles. The van der Waals surface area contributed by atoms with Crippen molar-refractivity contribution < 1.29 is 4.79 Å². The van der Waals surface area contributed by atoms with E-state index in [2.05, 4.69) is 6.58 Å². The van der Waals surface area contributed by atoms with Crippen molar-refractivity contribution in [1.29, 1.82) is 0 Å². The zero-order chi connectivity index (χ0) is 9.14. The largest absolute Gasteiger partial charge is 0.288 e. The summed E-state index contributed by atoms with van der Waals surface area (Å²) < 4.78 is 0. The monoisotopic (exact) mass is 200 g/mol. The first-order valence-corrected chi connectivity index (χ1v) is 4.01. The van der Waals surface area contributed by atoms with E-state index in [1.54, 1.807) is 24.3 Å². The van der Waals surface area contributed by atoms with Crippen molar-refractivity contribution in [1.82, 2.24) is 0 Å². The van der Waals surface area contributed by atoms with Gasteiger partial charge in [-0.15, -0.1) is 0 Å². The Morgan fingerprint density at radius 3 is 2.17 bits per heavy atom. The zero-order valence-corrected chi connectivity index (χ0v) is 7.69. The average molecular weight is 201 g/mol. The van der Waals surface area contributed by atoms with E-state index in [1.807, 2.05) is 0 Å². The lowest BCUT2D eigenvalue weighted by Gasteiger charge is -1.96. The molecule has 0 spiro atoms. The van der Waals surface area contributed by atoms with Crippen LogP contribution in [0.25, 0.3) is 0 Å². The number of halogens is 2. The molecule has 0 amide bonds. The van der Waals surface area contributed by atoms with E-state index in [9.17, 15) is 4.79 Å². The molecule has 0 heterocycles. The minimum absolute atomic E-state index is 0.0114. The molecule has 0 atom stereocenters. The lowest BCUT2D eigenvalue weighted by Crippen LogP contribution is -1.96. The van der Waals surface area contributed by atoms with Crippen LogP contribution < -0.4 is 0 Å². The van der Waals surface area contributed by atoms with Crippen molar-refractivity contribution in [2.24, 2.45) is 0 Å². The van der Waals surface area contributed by atoms with E-state index in [1.165, 1.54) is 0 Å². The minimum Gasteiger partial charge on any atom is -0.288 e. The van der Waals surface area contributed by atoms with Crippen LogP contribution in [0, 0.1) is 0 Å². The SMILES string of the molecule is C=C(Cl)C(=O)c1ccc(Cl)cc1. The zero-order valence-electron chi connectivity index (χ0n) is 6.18. The number of hydrogen-bond donors (Lipinski definition) is 0. The van der Waals surface area contributed by atoms with Gasteiger partial charge in [-0.1, -0.05) is 29.8 Å². The molecule has 12 heavy (non-hydrogen) atoms. The predicted molar refractivity (Wildman–Crippen MR) is 50.8 cm³/mol. The number of benzene rings is 1. The van der Waals surface area contributed by atoms with Crippen molar-refractivity contribution in [2.75, 3.05) is 0 Å². The number of rotatable bonds is 2. The first kappa shape index (κ1) is 9.30. The molecular formula is C9H6Cl2O. The van der Waals surface area contributed by atoms with Gasteiger partial charge in [0.2, 0.25) is 5.78 Å². The summed E-state index contributed by atoms with van der Waals surface area (Å²) in [5.41, 5.74) is 0.499. The molecule has 0 aliphatic rings. The Balaban J connectivity index is 2.98. The molecule has 0 saturated carbocycles. The smallest absolute Gasteiger partial charge is 0.203 e. The quantitative estimate of drug-likeness (QED) is 0.530. The fraction of sp³-hybridized carbons (Fsp3) is 0. The van der Waals surface area contributed by atoms with Crippen molar-refractivity contribution in [2.45, 2.75) is 0 Å². The van der Waals surface area contributed by atoms with Gasteiger partial charge in [0.1, 0.15) is 0 Å². The second kappa shape index (κ2) is 3.74. The second-order valence-electron chi connectivity index (χ2n) is 2.24. The molecule has 0 saturated heterocycles. The van der Waals surface area contributed by atoms with Gasteiger partial charge in [-0.25, -0.2) is 0 Å². The number of carbonyl (C=O) groups is 1. The van der Waals surface area contributed by atoms with Crippen LogP contribution in [0.4, 0.5) is 0 Å². The van der Waals surface area contributed by atoms with Crippen LogP contribution in [0.1, 0.15) is 10.4 Å². The van der Waals surface area contributed by atoms with Crippen LogP contribution in [-0.2, 0) is 0 Å². The molecule has 0 unspecified atom stereocenters. The van der Waals surface area contributed by atoms with Crippen LogP contribution >= 0.6 is 23.2 Å². The molecule has 0 N–H and O–H groups in total. The van der Waals surface area contributed by atoms with Gasteiger partial charge in [-0.05, 0) is 24.3 Å². The molecule has 0 aliphatic heterocycles. The van der Waals surface area contributed by atoms with Crippen molar-refractivity contribution >= 4 is 29.0 Å². The summed E-state index contributed by atoms with van der Waals surface area (Å²) in [4.78, 5) is 11.2. The summed E-state index contributed by atoms with van der Waals surface area (Å²) in [6.45, 7) is 3.34. The Bertz CT molecular complexity index is 314. The third-order valence-electron chi connectivity index (χ3n) is 1.35. The standard InChI is InChI=1S/C9H6Cl2O/c1-6(10)9(12)7-2-4-8(11)5-3-7/h2-5H,1H2. The van der Waals surface area contributed by atoms with E-state index in [4.69, 9.17) is 23.2 Å². The van der Waals surface area contributed by atoms with E-state index >= 15 is 0 Å². The molecule has 0 fully saturated rings. The predicted octanol–water partition coefficient (Wildman–Crippen LogP) is 3.28. The van der Waals surface area contributed by atoms with Crippen LogP contribution in [0.15, 0.2) is 35.9 Å². The molecule has 1 aromatic carbocycles. The summed E-state index contributed by atoms with van der Waals surface area (Å²) in [5.74, 6) is -0.270. The number of allylic oxidation sites excluding steroid dienone is 1. The third-order valence-corrected chi connectivity index (χ3v) is 1.78. The van der Waals surface area contributed by atoms with Gasteiger partial charge in [0.15, 0.2) is 0 Å². The van der Waals surface area contributed by atoms with Gasteiger partial charge in [0.25, 0.3) is 0 Å². The van der Waals surface area contributed by atoms with Gasteiger partial charge < -0.3 is 0 Å². The molecule has 0 radical (unpaired) electrons. The summed E-state index contributed by atoms with van der Waals surface area (Å²) in [6, 6.07) is 6.49. The van der Waals surface area contributed by atoms with Crippen molar-refractivity contribution in [3.8, 4) is 0 Å². The highest BCUT2D eigenvalue weighted by atomic mass is 35.5. The Morgan fingerprint density at radius 1 is 1.25 bits per heavy atom. The van der Waals surface area contributed by atoms with Gasteiger partial charge in [-0.2, -0.15) is 0 Å². The maximum Gasteiger partial charge on any atom is 0.203 e. The Labute approximate surface area is 80.6 Å². The normalized spacial score (nSPS) is 9.50. The van der Waals surface area contributed by atoms with E-state index in [0.717, 1.165) is 0 Å². The summed E-state index contributed by atoms with van der Waals surface area (Å²) in [6.07, 6.45) is 0. The second-order valence-corrected chi connectivity index (χ2v) is 3.13. The molecule has 0 bridgehead atoms. The highest BCUT2D eigenvalue weighted by molar-refractivity contribution is 6.44. The number of carbonyl (C=O) groups excluding carboxylic acids is 1. The molecular weight excluding hydrogens is 195 g/mol. The van der Waals surface area contributed by atoms with Gasteiger partial charge in [0, 0.05) is 10.6 Å². The molecule has 0 aliphatic carbocycles. The molecule has 1 aromatic rings. The summed E-state index contributed by atoms with van der Waals surface area (Å²) in [7, 11) is 0. The Hall–Kier alpha value is -0.790. The van der Waals surface area contributed by atoms with Crippen LogP contribution in [0.3, 0.4) is 0 Å². The third kappa shape index (κ3) is 2.10. The highest BCUT2D eigenvalue weighted by Gasteiger charge is 2.06. The first-order chi connectivity index (χ1) is 5.61. The molecule has 62 valence electrons. The van der Waals surface area contributed by atoms with Gasteiger partial charge in [0.05, 0.1) is 5.03 Å². The van der Waals surface area contributed by atoms with E-state index < -0.39 is 0 Å². The lowest BCUT2D eigenvalue weighted by molar-refractivity contribution is 0.104. The molecule has 1 rings (SSSR count). The molecule has 1 nitrogen and oxygen atoms in total. The van der Waals surface area contributed by atoms with Gasteiger partial charge >= 0.3 is 0 Å². The van der Waals surface area contributed by atoms with E-state index in [0.29, 0.717) is 10.6 Å². The van der Waals surface area contributed by atoms with Crippen LogP contribution in [-0.4, -0.2) is 5.78 Å². The number of Topliss-reactive ketones (excluding diaryl/α,β-unsaturated/α-hetero) is 1. The first-order valence-electron chi connectivity index (χ1n) is 3.26. The number of ketones is 1.